The fourth-order valence-corrected chi connectivity index (χ4v) is 3.47. The van der Waals surface area contributed by atoms with E-state index < -0.39 is 5.60 Å². The molecular formula is C15H22N4O2S. The Balaban J connectivity index is 2.29. The summed E-state index contributed by atoms with van der Waals surface area (Å²) in [4.78, 5) is 22.2. The molecule has 7 heteroatoms. The number of nitrogens with one attached hydrogen (secondary N) is 1. The van der Waals surface area contributed by atoms with Crippen molar-refractivity contribution in [3.8, 4) is 0 Å². The third-order valence-corrected chi connectivity index (χ3v) is 5.21. The zero-order chi connectivity index (χ0) is 16.5. The van der Waals surface area contributed by atoms with Gasteiger partial charge in [0.25, 0.3) is 5.91 Å². The number of aryl methyl sites for hydroxylation is 2. The van der Waals surface area contributed by atoms with Gasteiger partial charge in [-0.25, -0.2) is 9.97 Å². The topological polar surface area (TPSA) is 101 Å². The number of thiophene rings is 1. The van der Waals surface area contributed by atoms with Crippen LogP contribution in [0.15, 0.2) is 0 Å². The third kappa shape index (κ3) is 3.05. The molecule has 0 aliphatic heterocycles. The summed E-state index contributed by atoms with van der Waals surface area (Å²) in [5, 5.41) is 13.8. The van der Waals surface area contributed by atoms with Crippen LogP contribution in [0.1, 0.15) is 47.7 Å². The largest absolute Gasteiger partial charge is 0.388 e. The van der Waals surface area contributed by atoms with E-state index in [9.17, 15) is 9.90 Å². The zero-order valence-corrected chi connectivity index (χ0v) is 14.2. The Kier molecular flexibility index (Phi) is 4.67. The smallest absolute Gasteiger partial charge is 0.261 e. The maximum Gasteiger partial charge on any atom is 0.261 e. The summed E-state index contributed by atoms with van der Waals surface area (Å²) in [6.07, 6.45) is 1.18. The summed E-state index contributed by atoms with van der Waals surface area (Å²) in [5.74, 6) is 0.774. The third-order valence-electron chi connectivity index (χ3n) is 4.03. The molecule has 0 spiro atoms. The number of hydrogen-bond donors (Lipinski definition) is 3. The van der Waals surface area contributed by atoms with Crippen molar-refractivity contribution in [2.45, 2.75) is 46.1 Å². The summed E-state index contributed by atoms with van der Waals surface area (Å²) in [5.41, 5.74) is 5.86. The highest BCUT2D eigenvalue weighted by atomic mass is 32.1. The average Bonchev–Trinajstić information content (AvgIpc) is 2.81. The number of rotatable bonds is 5. The second-order valence-corrected chi connectivity index (χ2v) is 6.51. The summed E-state index contributed by atoms with van der Waals surface area (Å²) >= 11 is 1.30. The Bertz CT molecular complexity index is 707. The number of carbonyl (C=O) groups is 1. The van der Waals surface area contributed by atoms with Gasteiger partial charge in [-0.15, -0.1) is 11.3 Å². The number of aromatic nitrogens is 2. The van der Waals surface area contributed by atoms with Crippen molar-refractivity contribution in [3.05, 3.63) is 16.3 Å². The monoisotopic (exact) mass is 322 g/mol. The molecule has 22 heavy (non-hydrogen) atoms. The molecule has 2 aromatic rings. The summed E-state index contributed by atoms with van der Waals surface area (Å²) in [6.45, 7) is 7.65. The predicted molar refractivity (Wildman–Crippen MR) is 89.2 cm³/mol. The first-order valence-electron chi connectivity index (χ1n) is 7.35. The van der Waals surface area contributed by atoms with Crippen LogP contribution in [0.5, 0.6) is 0 Å². The van der Waals surface area contributed by atoms with E-state index in [0.29, 0.717) is 34.2 Å². The number of nitrogens with two attached hydrogens (primary N) is 1. The number of amides is 1. The lowest BCUT2D eigenvalue weighted by atomic mass is 9.97. The lowest BCUT2D eigenvalue weighted by molar-refractivity contribution is 0.0314. The Labute approximate surface area is 133 Å². The molecule has 0 saturated heterocycles. The second-order valence-electron chi connectivity index (χ2n) is 5.51. The van der Waals surface area contributed by atoms with Crippen molar-refractivity contribution in [1.29, 1.82) is 0 Å². The summed E-state index contributed by atoms with van der Waals surface area (Å²) in [6, 6.07) is 0. The minimum absolute atomic E-state index is 0.210. The Morgan fingerprint density at radius 1 is 1.32 bits per heavy atom. The molecule has 0 unspecified atom stereocenters. The molecule has 0 radical (unpaired) electrons. The van der Waals surface area contributed by atoms with E-state index in [1.807, 2.05) is 20.8 Å². The maximum absolute atomic E-state index is 12.4. The first-order chi connectivity index (χ1) is 10.3. The molecule has 0 aliphatic rings. The van der Waals surface area contributed by atoms with Crippen LogP contribution < -0.4 is 11.1 Å². The van der Waals surface area contributed by atoms with Crippen molar-refractivity contribution >= 4 is 33.3 Å². The van der Waals surface area contributed by atoms with Crippen LogP contribution in [0.3, 0.4) is 0 Å². The summed E-state index contributed by atoms with van der Waals surface area (Å²) in [7, 11) is 0. The van der Waals surface area contributed by atoms with Crippen molar-refractivity contribution in [2.24, 2.45) is 0 Å². The molecule has 0 fully saturated rings. The molecule has 2 rings (SSSR count). The van der Waals surface area contributed by atoms with E-state index in [1.54, 1.807) is 6.92 Å². The molecule has 1 amide bonds. The average molecular weight is 322 g/mol. The number of fused-ring (bicyclic) bond motifs is 1. The van der Waals surface area contributed by atoms with Crippen molar-refractivity contribution in [2.75, 3.05) is 12.3 Å². The first kappa shape index (κ1) is 16.6. The van der Waals surface area contributed by atoms with E-state index in [2.05, 4.69) is 15.3 Å². The van der Waals surface area contributed by atoms with E-state index in [0.717, 1.165) is 10.9 Å². The normalized spacial score (nSPS) is 11.9. The molecule has 6 nitrogen and oxygen atoms in total. The van der Waals surface area contributed by atoms with Gasteiger partial charge in [0.05, 0.1) is 15.9 Å². The molecule has 0 aromatic carbocycles. The first-order valence-corrected chi connectivity index (χ1v) is 8.16. The SMILES string of the molecule is CCC(O)(CC)CNC(=O)c1sc2nc(C)nc(N)c2c1C. The van der Waals surface area contributed by atoms with Gasteiger partial charge in [0, 0.05) is 6.54 Å². The molecule has 0 bridgehead atoms. The lowest BCUT2D eigenvalue weighted by Crippen LogP contribution is -2.41. The van der Waals surface area contributed by atoms with Gasteiger partial charge in [0.2, 0.25) is 0 Å². The molecule has 120 valence electrons. The highest BCUT2D eigenvalue weighted by Crippen LogP contribution is 2.32. The molecule has 0 saturated carbocycles. The van der Waals surface area contributed by atoms with Gasteiger partial charge in [-0.1, -0.05) is 13.8 Å². The van der Waals surface area contributed by atoms with Gasteiger partial charge < -0.3 is 16.2 Å². The fraction of sp³-hybridized carbons (Fsp3) is 0.533. The number of aliphatic hydroxyl groups is 1. The Hall–Kier alpha value is -1.73. The molecular weight excluding hydrogens is 300 g/mol. The quantitative estimate of drug-likeness (QED) is 0.783. The van der Waals surface area contributed by atoms with Crippen LogP contribution >= 0.6 is 11.3 Å². The number of nitrogen functional groups attached to an aromatic ring is 1. The zero-order valence-electron chi connectivity index (χ0n) is 13.4. The van der Waals surface area contributed by atoms with Crippen LogP contribution in [0.25, 0.3) is 10.2 Å². The molecule has 4 N–H and O–H groups in total. The van der Waals surface area contributed by atoms with Gasteiger partial charge in [-0.05, 0) is 32.3 Å². The highest BCUT2D eigenvalue weighted by molar-refractivity contribution is 7.20. The minimum Gasteiger partial charge on any atom is -0.388 e. The molecule has 2 heterocycles. The standard InChI is InChI=1S/C15H22N4O2S/c1-5-15(21,6-2)7-17-13(20)11-8(3)10-12(16)18-9(4)19-14(10)22-11/h21H,5-7H2,1-4H3,(H,17,20)(H2,16,18,19). The van der Waals surface area contributed by atoms with E-state index in [-0.39, 0.29) is 12.5 Å². The van der Waals surface area contributed by atoms with E-state index in [4.69, 9.17) is 5.73 Å². The van der Waals surface area contributed by atoms with Gasteiger partial charge in [0.15, 0.2) is 0 Å². The Morgan fingerprint density at radius 3 is 2.55 bits per heavy atom. The van der Waals surface area contributed by atoms with Crippen molar-refractivity contribution in [3.63, 3.8) is 0 Å². The lowest BCUT2D eigenvalue weighted by Gasteiger charge is -2.25. The van der Waals surface area contributed by atoms with Crippen LogP contribution in [-0.2, 0) is 0 Å². The fourth-order valence-electron chi connectivity index (χ4n) is 2.32. The highest BCUT2D eigenvalue weighted by Gasteiger charge is 2.25. The summed E-state index contributed by atoms with van der Waals surface area (Å²) < 4.78 is 0. The van der Waals surface area contributed by atoms with Crippen molar-refractivity contribution in [1.82, 2.24) is 15.3 Å². The minimum atomic E-state index is -0.865. The second kappa shape index (κ2) is 6.18. The van der Waals surface area contributed by atoms with Crippen molar-refractivity contribution < 1.29 is 9.90 Å². The van der Waals surface area contributed by atoms with Gasteiger partial charge in [-0.2, -0.15) is 0 Å². The maximum atomic E-state index is 12.4. The number of hydrogen-bond acceptors (Lipinski definition) is 6. The molecule has 0 atom stereocenters. The predicted octanol–water partition coefficient (Wildman–Crippen LogP) is 2.17. The number of carbonyl (C=O) groups excluding carboxylic acids is 1. The number of nitrogens with zero attached hydrogens (tertiary/aromatic N) is 2. The molecule has 2 aromatic heterocycles. The molecule has 0 aliphatic carbocycles. The van der Waals surface area contributed by atoms with E-state index in [1.165, 1.54) is 11.3 Å². The van der Waals surface area contributed by atoms with Crippen LogP contribution in [0.2, 0.25) is 0 Å². The van der Waals surface area contributed by atoms with Gasteiger partial charge in [0.1, 0.15) is 16.5 Å². The Morgan fingerprint density at radius 2 is 1.95 bits per heavy atom. The van der Waals surface area contributed by atoms with E-state index >= 15 is 0 Å². The number of anilines is 1. The van der Waals surface area contributed by atoms with Crippen LogP contribution in [0.4, 0.5) is 5.82 Å². The van der Waals surface area contributed by atoms with Gasteiger partial charge in [-0.3, -0.25) is 4.79 Å². The van der Waals surface area contributed by atoms with Crippen LogP contribution in [-0.4, -0.2) is 33.1 Å². The van der Waals surface area contributed by atoms with Crippen LogP contribution in [0, 0.1) is 13.8 Å². The van der Waals surface area contributed by atoms with Gasteiger partial charge >= 0.3 is 0 Å².